The predicted molar refractivity (Wildman–Crippen MR) is 106 cm³/mol. The van der Waals surface area contributed by atoms with Gasteiger partial charge in [-0.25, -0.2) is 9.48 Å². The number of urea groups is 1. The zero-order chi connectivity index (χ0) is 19.2. The zero-order valence-electron chi connectivity index (χ0n) is 15.5. The number of amides is 2. The number of benzene rings is 2. The fourth-order valence-electron chi connectivity index (χ4n) is 3.04. The Balaban J connectivity index is 1.69. The first-order valence-electron chi connectivity index (χ1n) is 8.92. The van der Waals surface area contributed by atoms with Crippen molar-refractivity contribution >= 4 is 11.7 Å². The lowest BCUT2D eigenvalue weighted by atomic mass is 10.1. The Kier molecular flexibility index (Phi) is 5.88. The van der Waals surface area contributed by atoms with Crippen molar-refractivity contribution in [2.24, 2.45) is 0 Å². The van der Waals surface area contributed by atoms with Gasteiger partial charge >= 0.3 is 6.03 Å². The van der Waals surface area contributed by atoms with Crippen molar-refractivity contribution in [1.82, 2.24) is 15.1 Å². The summed E-state index contributed by atoms with van der Waals surface area (Å²) in [6.07, 6.45) is 0.562. The highest BCUT2D eigenvalue weighted by Gasteiger charge is 2.17. The van der Waals surface area contributed by atoms with Crippen LogP contribution in [0.3, 0.4) is 0 Å². The van der Waals surface area contributed by atoms with Crippen LogP contribution < -0.4 is 10.6 Å². The molecule has 0 bridgehead atoms. The minimum atomic E-state index is -0.364. The number of aromatic nitrogens is 2. The van der Waals surface area contributed by atoms with E-state index in [0.717, 1.165) is 22.6 Å². The molecule has 0 aliphatic heterocycles. The Hall–Kier alpha value is -3.12. The molecular weight excluding hydrogens is 340 g/mol. The van der Waals surface area contributed by atoms with Crippen LogP contribution in [0.4, 0.5) is 10.5 Å². The van der Waals surface area contributed by atoms with Gasteiger partial charge in [0, 0.05) is 0 Å². The van der Waals surface area contributed by atoms with Gasteiger partial charge in [0.1, 0.15) is 0 Å². The van der Waals surface area contributed by atoms with Gasteiger partial charge in [0.05, 0.1) is 35.4 Å². The van der Waals surface area contributed by atoms with Gasteiger partial charge in [0.15, 0.2) is 0 Å². The number of aryl methyl sites for hydroxylation is 1. The minimum Gasteiger partial charge on any atom is -0.394 e. The van der Waals surface area contributed by atoms with E-state index >= 15 is 0 Å². The number of hydrogen-bond donors (Lipinski definition) is 3. The molecular formula is C21H24N4O2. The molecule has 1 unspecified atom stereocenters. The van der Waals surface area contributed by atoms with Gasteiger partial charge in [-0.3, -0.25) is 0 Å². The Bertz CT molecular complexity index is 891. The van der Waals surface area contributed by atoms with E-state index in [9.17, 15) is 9.90 Å². The Morgan fingerprint density at radius 1 is 1.07 bits per heavy atom. The van der Waals surface area contributed by atoms with E-state index in [1.807, 2.05) is 74.5 Å². The molecule has 2 aromatic carbocycles. The second-order valence-corrected chi connectivity index (χ2v) is 6.46. The van der Waals surface area contributed by atoms with E-state index < -0.39 is 0 Å². The summed E-state index contributed by atoms with van der Waals surface area (Å²) in [6.45, 7) is 3.63. The lowest BCUT2D eigenvalue weighted by Gasteiger charge is -2.17. The number of aliphatic hydroxyl groups is 1. The number of rotatable bonds is 6. The lowest BCUT2D eigenvalue weighted by Crippen LogP contribution is -2.41. The van der Waals surface area contributed by atoms with Gasteiger partial charge in [-0.05, 0) is 38.0 Å². The SMILES string of the molecule is Cc1nn(-c2ccccc2)c(C)c1NC(=O)NC(CO)Cc1ccccc1. The zero-order valence-corrected chi connectivity index (χ0v) is 15.5. The summed E-state index contributed by atoms with van der Waals surface area (Å²) < 4.78 is 1.80. The van der Waals surface area contributed by atoms with Crippen LogP contribution in [0.1, 0.15) is 17.0 Å². The molecule has 0 saturated carbocycles. The van der Waals surface area contributed by atoms with Crippen molar-refractivity contribution in [2.45, 2.75) is 26.3 Å². The summed E-state index contributed by atoms with van der Waals surface area (Å²) in [4.78, 5) is 12.5. The van der Waals surface area contributed by atoms with Crippen molar-refractivity contribution in [3.8, 4) is 5.69 Å². The molecule has 3 N–H and O–H groups in total. The molecule has 0 spiro atoms. The number of nitrogens with one attached hydrogen (secondary N) is 2. The van der Waals surface area contributed by atoms with Gasteiger partial charge < -0.3 is 15.7 Å². The van der Waals surface area contributed by atoms with Crippen LogP contribution in [0.5, 0.6) is 0 Å². The predicted octanol–water partition coefficient (Wildman–Crippen LogP) is 3.21. The van der Waals surface area contributed by atoms with Crippen molar-refractivity contribution in [2.75, 3.05) is 11.9 Å². The Morgan fingerprint density at radius 2 is 1.70 bits per heavy atom. The number of carbonyl (C=O) groups is 1. The number of carbonyl (C=O) groups excluding carboxylic acids is 1. The summed E-state index contributed by atoms with van der Waals surface area (Å²) in [6, 6.07) is 18.8. The van der Waals surface area contributed by atoms with Crippen LogP contribution in [-0.4, -0.2) is 33.6 Å². The lowest BCUT2D eigenvalue weighted by molar-refractivity contribution is 0.224. The normalized spacial score (nSPS) is 11.8. The summed E-state index contributed by atoms with van der Waals surface area (Å²) >= 11 is 0. The molecule has 1 atom stereocenters. The van der Waals surface area contributed by atoms with Crippen LogP contribution in [0.2, 0.25) is 0 Å². The fraction of sp³-hybridized carbons (Fsp3) is 0.238. The van der Waals surface area contributed by atoms with Crippen molar-refractivity contribution < 1.29 is 9.90 Å². The van der Waals surface area contributed by atoms with E-state index in [0.29, 0.717) is 12.1 Å². The maximum Gasteiger partial charge on any atom is 0.319 e. The molecule has 0 fully saturated rings. The van der Waals surface area contributed by atoms with E-state index in [-0.39, 0.29) is 18.7 Å². The average molecular weight is 364 g/mol. The van der Waals surface area contributed by atoms with Crippen LogP contribution in [0, 0.1) is 13.8 Å². The Labute approximate surface area is 158 Å². The van der Waals surface area contributed by atoms with Crippen molar-refractivity contribution in [3.05, 3.63) is 77.6 Å². The molecule has 2 amide bonds. The van der Waals surface area contributed by atoms with Crippen LogP contribution in [0.15, 0.2) is 60.7 Å². The molecule has 0 aliphatic carbocycles. The molecule has 140 valence electrons. The van der Waals surface area contributed by atoms with E-state index in [2.05, 4.69) is 15.7 Å². The average Bonchev–Trinajstić information content (AvgIpc) is 2.97. The number of hydrogen-bond acceptors (Lipinski definition) is 3. The molecule has 3 aromatic rings. The highest BCUT2D eigenvalue weighted by Crippen LogP contribution is 2.22. The van der Waals surface area contributed by atoms with Gasteiger partial charge in [-0.15, -0.1) is 0 Å². The molecule has 0 radical (unpaired) electrons. The smallest absolute Gasteiger partial charge is 0.319 e. The van der Waals surface area contributed by atoms with Crippen LogP contribution in [0.25, 0.3) is 5.69 Å². The maximum atomic E-state index is 12.5. The third kappa shape index (κ3) is 4.54. The van der Waals surface area contributed by atoms with Crippen LogP contribution in [-0.2, 0) is 6.42 Å². The third-order valence-corrected chi connectivity index (χ3v) is 4.41. The number of para-hydroxylation sites is 1. The third-order valence-electron chi connectivity index (χ3n) is 4.41. The van der Waals surface area contributed by atoms with E-state index in [1.54, 1.807) is 4.68 Å². The quantitative estimate of drug-likeness (QED) is 0.628. The monoisotopic (exact) mass is 364 g/mol. The molecule has 27 heavy (non-hydrogen) atoms. The summed E-state index contributed by atoms with van der Waals surface area (Å²) in [7, 11) is 0. The van der Waals surface area contributed by atoms with E-state index in [1.165, 1.54) is 0 Å². The number of anilines is 1. The summed E-state index contributed by atoms with van der Waals surface area (Å²) in [5.74, 6) is 0. The fourth-order valence-corrected chi connectivity index (χ4v) is 3.04. The highest BCUT2D eigenvalue weighted by atomic mass is 16.3. The maximum absolute atomic E-state index is 12.5. The van der Waals surface area contributed by atoms with Gasteiger partial charge in [-0.2, -0.15) is 5.10 Å². The van der Waals surface area contributed by atoms with E-state index in [4.69, 9.17) is 0 Å². The molecule has 0 aliphatic rings. The summed E-state index contributed by atoms with van der Waals surface area (Å²) in [5.41, 5.74) is 4.24. The first-order chi connectivity index (χ1) is 13.1. The molecule has 0 saturated heterocycles. The van der Waals surface area contributed by atoms with Crippen molar-refractivity contribution in [3.63, 3.8) is 0 Å². The highest BCUT2D eigenvalue weighted by molar-refractivity contribution is 5.90. The standard InChI is InChI=1S/C21H24N4O2/c1-15-20(16(2)25(24-15)19-11-7-4-8-12-19)23-21(27)22-18(14-26)13-17-9-5-3-6-10-17/h3-12,18,26H,13-14H2,1-2H3,(H2,22,23,27). The van der Waals surface area contributed by atoms with Gasteiger partial charge in [0.25, 0.3) is 0 Å². The first-order valence-corrected chi connectivity index (χ1v) is 8.92. The first kappa shape index (κ1) is 18.7. The number of aliphatic hydroxyl groups excluding tert-OH is 1. The second kappa shape index (κ2) is 8.51. The molecule has 3 rings (SSSR count). The molecule has 6 heteroatoms. The topological polar surface area (TPSA) is 79.2 Å². The summed E-state index contributed by atoms with van der Waals surface area (Å²) in [5, 5.41) is 19.8. The Morgan fingerprint density at radius 3 is 2.33 bits per heavy atom. The molecule has 6 nitrogen and oxygen atoms in total. The second-order valence-electron chi connectivity index (χ2n) is 6.46. The van der Waals surface area contributed by atoms with Crippen molar-refractivity contribution in [1.29, 1.82) is 0 Å². The van der Waals surface area contributed by atoms with Gasteiger partial charge in [0.2, 0.25) is 0 Å². The molecule has 1 heterocycles. The van der Waals surface area contributed by atoms with Gasteiger partial charge in [-0.1, -0.05) is 48.5 Å². The number of nitrogens with zero attached hydrogens (tertiary/aromatic N) is 2. The minimum absolute atomic E-state index is 0.135. The molecule has 1 aromatic heterocycles. The largest absolute Gasteiger partial charge is 0.394 e. The van der Waals surface area contributed by atoms with Crippen LogP contribution >= 0.6 is 0 Å².